The monoisotopic (exact) mass is 409 g/mol. The fraction of sp³-hybridized carbons (Fsp3) is 0.440. The third kappa shape index (κ3) is 6.42. The van der Waals surface area contributed by atoms with Crippen molar-refractivity contribution in [2.75, 3.05) is 13.2 Å². The molecule has 0 aromatic heterocycles. The molecule has 0 aliphatic carbocycles. The Balaban J connectivity index is 1.36. The highest BCUT2D eigenvalue weighted by molar-refractivity contribution is 5.94. The van der Waals surface area contributed by atoms with Crippen LogP contribution in [0.2, 0.25) is 0 Å². The first kappa shape index (κ1) is 22.0. The van der Waals surface area contributed by atoms with E-state index in [-0.39, 0.29) is 24.5 Å². The maximum Gasteiger partial charge on any atom is 0.416 e. The van der Waals surface area contributed by atoms with Crippen LogP contribution < -0.4 is 0 Å². The minimum Gasteiger partial charge on any atom is -0.447 e. The minimum absolute atomic E-state index is 0.126. The molecule has 2 aromatic rings. The number of cyclic esters (lactones) is 1. The lowest BCUT2D eigenvalue weighted by Gasteiger charge is -2.23. The maximum atomic E-state index is 12.9. The van der Waals surface area contributed by atoms with E-state index in [4.69, 9.17) is 9.47 Å². The lowest BCUT2D eigenvalue weighted by molar-refractivity contribution is -0.133. The van der Waals surface area contributed by atoms with Crippen molar-refractivity contribution in [3.63, 3.8) is 0 Å². The van der Waals surface area contributed by atoms with Gasteiger partial charge in [-0.2, -0.15) is 0 Å². The van der Waals surface area contributed by atoms with E-state index in [1.54, 1.807) is 0 Å². The molecular formula is C25H31NO4. The van der Waals surface area contributed by atoms with Crippen LogP contribution in [0, 0.1) is 5.92 Å². The molecule has 1 fully saturated rings. The third-order valence-electron chi connectivity index (χ3n) is 5.47. The van der Waals surface area contributed by atoms with Crippen molar-refractivity contribution in [3.05, 3.63) is 71.8 Å². The molecule has 5 heteroatoms. The number of imide groups is 1. The van der Waals surface area contributed by atoms with Crippen LogP contribution in [0.5, 0.6) is 0 Å². The second-order valence-electron chi connectivity index (χ2n) is 7.92. The molecule has 30 heavy (non-hydrogen) atoms. The third-order valence-corrected chi connectivity index (χ3v) is 5.47. The van der Waals surface area contributed by atoms with Crippen LogP contribution in [0.1, 0.15) is 43.7 Å². The fourth-order valence-corrected chi connectivity index (χ4v) is 3.72. The van der Waals surface area contributed by atoms with Gasteiger partial charge in [0.25, 0.3) is 0 Å². The summed E-state index contributed by atoms with van der Waals surface area (Å²) in [6.07, 6.45) is 3.79. The van der Waals surface area contributed by atoms with Crippen LogP contribution in [-0.2, 0) is 27.3 Å². The molecule has 1 heterocycles. The van der Waals surface area contributed by atoms with Gasteiger partial charge in [0.05, 0.1) is 12.6 Å². The SMILES string of the molecule is C[C@@H](CCCCCOCc1ccccc1)C(=O)N1C(=O)OC[C@@H]1Cc1ccccc1. The van der Waals surface area contributed by atoms with E-state index in [1.165, 1.54) is 10.5 Å². The van der Waals surface area contributed by atoms with Gasteiger partial charge in [-0.1, -0.05) is 80.4 Å². The number of carbonyl (C=O) groups is 2. The first-order valence-electron chi connectivity index (χ1n) is 10.8. The van der Waals surface area contributed by atoms with Crippen molar-refractivity contribution in [1.29, 1.82) is 0 Å². The molecule has 2 atom stereocenters. The molecule has 0 spiro atoms. The van der Waals surface area contributed by atoms with Crippen molar-refractivity contribution in [1.82, 2.24) is 4.90 Å². The Morgan fingerprint density at radius 3 is 2.40 bits per heavy atom. The molecule has 2 aromatic carbocycles. The van der Waals surface area contributed by atoms with E-state index in [1.807, 2.05) is 55.5 Å². The summed E-state index contributed by atoms with van der Waals surface area (Å²) in [7, 11) is 0. The minimum atomic E-state index is -0.512. The molecule has 1 saturated heterocycles. The number of amides is 2. The second kappa shape index (κ2) is 11.5. The Labute approximate surface area is 179 Å². The number of hydrogen-bond acceptors (Lipinski definition) is 4. The van der Waals surface area contributed by atoms with Gasteiger partial charge >= 0.3 is 6.09 Å². The van der Waals surface area contributed by atoms with Gasteiger partial charge < -0.3 is 9.47 Å². The van der Waals surface area contributed by atoms with Gasteiger partial charge in [-0.05, 0) is 30.4 Å². The summed E-state index contributed by atoms with van der Waals surface area (Å²) in [5, 5.41) is 0. The highest BCUT2D eigenvalue weighted by atomic mass is 16.6. The van der Waals surface area contributed by atoms with Crippen LogP contribution in [0.25, 0.3) is 0 Å². The Morgan fingerprint density at radius 1 is 1.03 bits per heavy atom. The summed E-state index contributed by atoms with van der Waals surface area (Å²) in [4.78, 5) is 26.4. The number of hydrogen-bond donors (Lipinski definition) is 0. The molecule has 3 rings (SSSR count). The summed E-state index contributed by atoms with van der Waals surface area (Å²) in [6.45, 7) is 3.52. The maximum absolute atomic E-state index is 12.9. The lowest BCUT2D eigenvalue weighted by Crippen LogP contribution is -2.43. The van der Waals surface area contributed by atoms with Gasteiger partial charge in [-0.25, -0.2) is 9.69 Å². The van der Waals surface area contributed by atoms with Crippen LogP contribution >= 0.6 is 0 Å². The van der Waals surface area contributed by atoms with Gasteiger partial charge in [-0.15, -0.1) is 0 Å². The first-order chi connectivity index (χ1) is 14.6. The largest absolute Gasteiger partial charge is 0.447 e. The standard InChI is InChI=1S/C25H31NO4/c1-20(11-5-4-10-16-29-18-22-14-8-3-9-15-22)24(27)26-23(19-30-25(26)28)17-21-12-6-2-7-13-21/h2-3,6-9,12-15,20,23H,4-5,10-11,16-19H2,1H3/t20-,23-/m0/s1. The fourth-order valence-electron chi connectivity index (χ4n) is 3.72. The quantitative estimate of drug-likeness (QED) is 0.491. The van der Waals surface area contributed by atoms with Crippen LogP contribution in [-0.4, -0.2) is 36.2 Å². The Morgan fingerprint density at radius 2 is 1.70 bits per heavy atom. The molecule has 1 aliphatic rings. The zero-order valence-electron chi connectivity index (χ0n) is 17.7. The molecule has 5 nitrogen and oxygen atoms in total. The van der Waals surface area contributed by atoms with Gasteiger partial charge in [0.1, 0.15) is 6.61 Å². The molecule has 0 N–H and O–H groups in total. The predicted molar refractivity (Wildman–Crippen MR) is 116 cm³/mol. The van der Waals surface area contributed by atoms with Gasteiger partial charge in [0.2, 0.25) is 5.91 Å². The van der Waals surface area contributed by atoms with E-state index in [0.29, 0.717) is 13.0 Å². The summed E-state index contributed by atoms with van der Waals surface area (Å²) in [6, 6.07) is 19.8. The number of unbranched alkanes of at least 4 members (excludes halogenated alkanes) is 2. The summed E-state index contributed by atoms with van der Waals surface area (Å²) in [5.41, 5.74) is 2.28. The molecule has 0 bridgehead atoms. The van der Waals surface area contributed by atoms with Gasteiger partial charge in [-0.3, -0.25) is 4.79 Å². The van der Waals surface area contributed by atoms with E-state index in [9.17, 15) is 9.59 Å². The first-order valence-corrected chi connectivity index (χ1v) is 10.8. The van der Waals surface area contributed by atoms with E-state index < -0.39 is 6.09 Å². The van der Waals surface area contributed by atoms with E-state index in [2.05, 4.69) is 12.1 Å². The summed E-state index contributed by atoms with van der Waals surface area (Å²) >= 11 is 0. The smallest absolute Gasteiger partial charge is 0.416 e. The number of carbonyl (C=O) groups excluding carboxylic acids is 2. The highest BCUT2D eigenvalue weighted by Gasteiger charge is 2.39. The zero-order valence-corrected chi connectivity index (χ0v) is 17.7. The Hall–Kier alpha value is -2.66. The van der Waals surface area contributed by atoms with Crippen molar-refractivity contribution >= 4 is 12.0 Å². The van der Waals surface area contributed by atoms with Crippen molar-refractivity contribution in [3.8, 4) is 0 Å². The molecule has 0 unspecified atom stereocenters. The Bertz CT molecular complexity index is 793. The van der Waals surface area contributed by atoms with Crippen LogP contribution in [0.4, 0.5) is 4.79 Å². The Kier molecular flexibility index (Phi) is 8.45. The number of rotatable bonds is 11. The molecule has 0 radical (unpaired) electrons. The summed E-state index contributed by atoms with van der Waals surface area (Å²) in [5.74, 6) is -0.321. The average molecular weight is 410 g/mol. The second-order valence-corrected chi connectivity index (χ2v) is 7.92. The normalized spacial score (nSPS) is 17.0. The number of ether oxygens (including phenoxy) is 2. The lowest BCUT2D eigenvalue weighted by atomic mass is 10.00. The zero-order chi connectivity index (χ0) is 21.2. The molecule has 160 valence electrons. The average Bonchev–Trinajstić information content (AvgIpc) is 3.13. The van der Waals surface area contributed by atoms with Crippen molar-refractivity contribution < 1.29 is 19.1 Å². The van der Waals surface area contributed by atoms with Gasteiger partial charge in [0.15, 0.2) is 0 Å². The number of benzene rings is 2. The molecule has 0 saturated carbocycles. The molecular weight excluding hydrogens is 378 g/mol. The van der Waals surface area contributed by atoms with Crippen LogP contribution in [0.15, 0.2) is 60.7 Å². The number of nitrogens with zero attached hydrogens (tertiary/aromatic N) is 1. The van der Waals surface area contributed by atoms with Crippen molar-refractivity contribution in [2.45, 2.75) is 51.7 Å². The van der Waals surface area contributed by atoms with E-state index in [0.717, 1.165) is 37.9 Å². The van der Waals surface area contributed by atoms with E-state index >= 15 is 0 Å². The summed E-state index contributed by atoms with van der Waals surface area (Å²) < 4.78 is 10.9. The van der Waals surface area contributed by atoms with Crippen molar-refractivity contribution in [2.24, 2.45) is 5.92 Å². The highest BCUT2D eigenvalue weighted by Crippen LogP contribution is 2.22. The molecule has 1 aliphatic heterocycles. The predicted octanol–water partition coefficient (Wildman–Crippen LogP) is 4.99. The topological polar surface area (TPSA) is 55.8 Å². The van der Waals surface area contributed by atoms with Gasteiger partial charge in [0, 0.05) is 12.5 Å². The van der Waals surface area contributed by atoms with Crippen LogP contribution in [0.3, 0.4) is 0 Å². The molecule has 2 amide bonds.